The molecule has 0 aromatic heterocycles. The van der Waals surface area contributed by atoms with Gasteiger partial charge in [0.2, 0.25) is 0 Å². The second-order valence-corrected chi connectivity index (χ2v) is 4.28. The molecule has 0 heterocycles. The molecule has 74 valence electrons. The van der Waals surface area contributed by atoms with Crippen molar-refractivity contribution in [3.05, 3.63) is 24.3 Å². The molecule has 3 heteroatoms. The third-order valence-corrected chi connectivity index (χ3v) is 2.79. The molecule has 2 nitrogen and oxygen atoms in total. The summed E-state index contributed by atoms with van der Waals surface area (Å²) in [6.07, 6.45) is 0. The molecule has 0 saturated carbocycles. The van der Waals surface area contributed by atoms with E-state index in [4.69, 9.17) is 5.26 Å². The van der Waals surface area contributed by atoms with Crippen LogP contribution in [0.2, 0.25) is 0 Å². The van der Waals surface area contributed by atoms with Crippen molar-refractivity contribution < 1.29 is 0 Å². The topological polar surface area (TPSA) is 27.0 Å². The maximum Gasteiger partial charge on any atom is 0.105 e. The monoisotopic (exact) mass is 206 g/mol. The number of rotatable bonds is 4. The predicted octanol–water partition coefficient (Wildman–Crippen LogP) is 2.76. The van der Waals surface area contributed by atoms with Gasteiger partial charge in [-0.1, -0.05) is 6.92 Å². The van der Waals surface area contributed by atoms with E-state index in [1.807, 2.05) is 23.7 Å². The van der Waals surface area contributed by atoms with Gasteiger partial charge in [0.15, 0.2) is 0 Å². The van der Waals surface area contributed by atoms with Crippen LogP contribution in [-0.4, -0.2) is 19.3 Å². The van der Waals surface area contributed by atoms with Gasteiger partial charge in [-0.05, 0) is 30.0 Å². The zero-order valence-electron chi connectivity index (χ0n) is 8.53. The fourth-order valence-electron chi connectivity index (χ4n) is 1.16. The first-order valence-corrected chi connectivity index (χ1v) is 5.57. The zero-order valence-corrected chi connectivity index (χ0v) is 9.34. The van der Waals surface area contributed by atoms with Crippen molar-refractivity contribution in [1.29, 1.82) is 5.26 Å². The maximum absolute atomic E-state index is 8.54. The first-order valence-electron chi connectivity index (χ1n) is 4.59. The number of benzene rings is 1. The highest BCUT2D eigenvalue weighted by Crippen LogP contribution is 2.21. The van der Waals surface area contributed by atoms with Crippen LogP contribution in [0.15, 0.2) is 29.2 Å². The minimum atomic E-state index is 0.431. The zero-order chi connectivity index (χ0) is 10.4. The van der Waals surface area contributed by atoms with Gasteiger partial charge >= 0.3 is 0 Å². The summed E-state index contributed by atoms with van der Waals surface area (Å²) in [4.78, 5) is 3.21. The van der Waals surface area contributed by atoms with E-state index in [-0.39, 0.29) is 0 Å². The first-order chi connectivity index (χ1) is 6.77. The van der Waals surface area contributed by atoms with Crippen molar-refractivity contribution in [3.8, 4) is 6.07 Å². The lowest BCUT2D eigenvalue weighted by Crippen LogP contribution is -2.16. The second kappa shape index (κ2) is 5.56. The third kappa shape index (κ3) is 2.97. The minimum Gasteiger partial charge on any atom is -0.361 e. The number of hydrogen-bond donors (Lipinski definition) is 0. The van der Waals surface area contributed by atoms with Gasteiger partial charge in [-0.2, -0.15) is 5.26 Å². The van der Waals surface area contributed by atoms with Gasteiger partial charge in [-0.25, -0.2) is 0 Å². The molecule has 0 radical (unpaired) electrons. The van der Waals surface area contributed by atoms with Crippen LogP contribution in [0.3, 0.4) is 0 Å². The molecule has 0 amide bonds. The SMILES string of the molecule is CCSc1ccc(N(C)CC#N)cc1. The summed E-state index contributed by atoms with van der Waals surface area (Å²) in [5, 5.41) is 8.54. The molecule has 0 bridgehead atoms. The van der Waals surface area contributed by atoms with Gasteiger partial charge in [0.05, 0.1) is 6.07 Å². The Labute approximate surface area is 89.5 Å². The summed E-state index contributed by atoms with van der Waals surface area (Å²) in [6.45, 7) is 2.57. The molecule has 1 aromatic rings. The van der Waals surface area contributed by atoms with Crippen LogP contribution in [-0.2, 0) is 0 Å². The van der Waals surface area contributed by atoms with Crippen LogP contribution in [0.5, 0.6) is 0 Å². The summed E-state index contributed by atoms with van der Waals surface area (Å²) in [5.74, 6) is 1.09. The summed E-state index contributed by atoms with van der Waals surface area (Å²) in [6, 6.07) is 10.4. The highest BCUT2D eigenvalue weighted by molar-refractivity contribution is 7.99. The van der Waals surface area contributed by atoms with Crippen molar-refractivity contribution in [2.24, 2.45) is 0 Å². The Bertz CT molecular complexity index is 313. The van der Waals surface area contributed by atoms with Crippen molar-refractivity contribution in [3.63, 3.8) is 0 Å². The van der Waals surface area contributed by atoms with Crippen LogP contribution in [0.25, 0.3) is 0 Å². The molecule has 1 rings (SSSR count). The third-order valence-electron chi connectivity index (χ3n) is 1.90. The highest BCUT2D eigenvalue weighted by atomic mass is 32.2. The Balaban J connectivity index is 2.68. The van der Waals surface area contributed by atoms with Crippen LogP contribution in [0.4, 0.5) is 5.69 Å². The normalized spacial score (nSPS) is 9.50. The molecule has 0 atom stereocenters. The molecular weight excluding hydrogens is 192 g/mol. The number of nitrogens with zero attached hydrogens (tertiary/aromatic N) is 2. The number of thioether (sulfide) groups is 1. The van der Waals surface area contributed by atoms with E-state index in [1.165, 1.54) is 4.90 Å². The molecule has 14 heavy (non-hydrogen) atoms. The average Bonchev–Trinajstić information content (AvgIpc) is 2.20. The van der Waals surface area contributed by atoms with E-state index >= 15 is 0 Å². The van der Waals surface area contributed by atoms with Crippen LogP contribution in [0.1, 0.15) is 6.92 Å². The lowest BCUT2D eigenvalue weighted by atomic mass is 10.3. The molecule has 1 aromatic carbocycles. The fourth-order valence-corrected chi connectivity index (χ4v) is 1.82. The number of anilines is 1. The van der Waals surface area contributed by atoms with Crippen molar-refractivity contribution in [2.75, 3.05) is 24.2 Å². The lowest BCUT2D eigenvalue weighted by Gasteiger charge is -2.15. The van der Waals surface area contributed by atoms with Crippen molar-refractivity contribution in [1.82, 2.24) is 0 Å². The van der Waals surface area contributed by atoms with Crippen molar-refractivity contribution >= 4 is 17.4 Å². The highest BCUT2D eigenvalue weighted by Gasteiger charge is 1.99. The molecule has 0 aliphatic carbocycles. The molecule has 0 spiro atoms. The molecule has 0 saturated heterocycles. The standard InChI is InChI=1S/C11H14N2S/c1-3-14-11-6-4-10(5-7-11)13(2)9-8-12/h4-7H,3,9H2,1-2H3. The smallest absolute Gasteiger partial charge is 0.105 e. The van der Waals surface area contributed by atoms with Gasteiger partial charge in [0.25, 0.3) is 0 Å². The van der Waals surface area contributed by atoms with Gasteiger partial charge in [0.1, 0.15) is 6.54 Å². The Morgan fingerprint density at radius 3 is 2.50 bits per heavy atom. The second-order valence-electron chi connectivity index (χ2n) is 2.94. The van der Waals surface area contributed by atoms with Crippen LogP contribution >= 0.6 is 11.8 Å². The van der Waals surface area contributed by atoms with Gasteiger partial charge in [-0.15, -0.1) is 11.8 Å². The molecule has 0 unspecified atom stereocenters. The van der Waals surface area contributed by atoms with E-state index in [1.54, 1.807) is 0 Å². The summed E-state index contributed by atoms with van der Waals surface area (Å²) in [7, 11) is 1.92. The Morgan fingerprint density at radius 1 is 1.36 bits per heavy atom. The van der Waals surface area contributed by atoms with Gasteiger partial charge < -0.3 is 4.90 Å². The quantitative estimate of drug-likeness (QED) is 0.560. The molecule has 0 N–H and O–H groups in total. The summed E-state index contributed by atoms with van der Waals surface area (Å²) in [5.41, 5.74) is 1.09. The fraction of sp³-hybridized carbons (Fsp3) is 0.364. The van der Waals surface area contributed by atoms with Crippen molar-refractivity contribution in [2.45, 2.75) is 11.8 Å². The van der Waals surface area contributed by atoms with Gasteiger partial charge in [-0.3, -0.25) is 0 Å². The lowest BCUT2D eigenvalue weighted by molar-refractivity contribution is 1.03. The van der Waals surface area contributed by atoms with E-state index < -0.39 is 0 Å². The van der Waals surface area contributed by atoms with E-state index in [0.29, 0.717) is 6.54 Å². The van der Waals surface area contributed by atoms with E-state index in [9.17, 15) is 0 Å². The first kappa shape index (κ1) is 10.9. The number of hydrogen-bond acceptors (Lipinski definition) is 3. The molecule has 0 fully saturated rings. The number of nitriles is 1. The predicted molar refractivity (Wildman–Crippen MR) is 61.7 cm³/mol. The largest absolute Gasteiger partial charge is 0.361 e. The Kier molecular flexibility index (Phi) is 4.34. The molecule has 0 aliphatic heterocycles. The van der Waals surface area contributed by atoms with Crippen LogP contribution < -0.4 is 4.90 Å². The molecular formula is C11H14N2S. The Hall–Kier alpha value is -1.14. The summed E-state index contributed by atoms with van der Waals surface area (Å²) >= 11 is 1.83. The van der Waals surface area contributed by atoms with Gasteiger partial charge in [0, 0.05) is 17.6 Å². The van der Waals surface area contributed by atoms with Crippen LogP contribution in [0, 0.1) is 11.3 Å². The minimum absolute atomic E-state index is 0.431. The Morgan fingerprint density at radius 2 is 2.00 bits per heavy atom. The average molecular weight is 206 g/mol. The molecule has 0 aliphatic rings. The summed E-state index contributed by atoms with van der Waals surface area (Å²) < 4.78 is 0. The van der Waals surface area contributed by atoms with E-state index in [0.717, 1.165) is 11.4 Å². The maximum atomic E-state index is 8.54. The van der Waals surface area contributed by atoms with E-state index in [2.05, 4.69) is 37.3 Å².